The van der Waals surface area contributed by atoms with E-state index >= 15 is 0 Å². The molecular formula is C30H28N2. The molecule has 6 rings (SSSR count). The maximum atomic E-state index is 2.55. The lowest BCUT2D eigenvalue weighted by molar-refractivity contribution is 0.216. The van der Waals surface area contributed by atoms with Crippen molar-refractivity contribution in [2.75, 3.05) is 25.5 Å². The minimum absolute atomic E-state index is 0.224. The fraction of sp³-hybridized carbons (Fsp3) is 0.200. The number of hydrogen-bond acceptors (Lipinski definition) is 2. The van der Waals surface area contributed by atoms with Crippen molar-refractivity contribution in [3.8, 4) is 0 Å². The molecule has 2 atom stereocenters. The minimum atomic E-state index is 0.224. The third-order valence-corrected chi connectivity index (χ3v) is 7.35. The van der Waals surface area contributed by atoms with Gasteiger partial charge in [-0.25, -0.2) is 0 Å². The van der Waals surface area contributed by atoms with Crippen LogP contribution < -0.4 is 4.90 Å². The highest BCUT2D eigenvalue weighted by Gasteiger charge is 2.39. The Morgan fingerprint density at radius 3 is 2.41 bits per heavy atom. The topological polar surface area (TPSA) is 6.48 Å². The lowest BCUT2D eigenvalue weighted by atomic mass is 9.79. The van der Waals surface area contributed by atoms with Crippen molar-refractivity contribution < 1.29 is 0 Å². The lowest BCUT2D eigenvalue weighted by Crippen LogP contribution is -2.48. The Bertz CT molecular complexity index is 1330. The molecule has 0 fully saturated rings. The van der Waals surface area contributed by atoms with Gasteiger partial charge in [-0.05, 0) is 64.2 Å². The molecule has 4 aromatic carbocycles. The summed E-state index contributed by atoms with van der Waals surface area (Å²) in [6.45, 7) is 1.08. The number of likely N-dealkylation sites (N-methyl/N-ethyl adjacent to an activating group) is 2. The lowest BCUT2D eigenvalue weighted by Gasteiger charge is -2.47. The summed E-state index contributed by atoms with van der Waals surface area (Å²) in [5.74, 6) is 0. The highest BCUT2D eigenvalue weighted by atomic mass is 15.2. The Balaban J connectivity index is 1.61. The second-order valence-electron chi connectivity index (χ2n) is 9.12. The van der Waals surface area contributed by atoms with Gasteiger partial charge in [0.25, 0.3) is 0 Å². The van der Waals surface area contributed by atoms with E-state index in [2.05, 4.69) is 121 Å². The van der Waals surface area contributed by atoms with E-state index in [0.717, 1.165) is 13.0 Å². The monoisotopic (exact) mass is 416 g/mol. The molecule has 0 amide bonds. The average Bonchev–Trinajstić information content (AvgIpc) is 2.84. The molecule has 2 heterocycles. The Kier molecular flexibility index (Phi) is 4.62. The number of para-hydroxylation sites is 1. The van der Waals surface area contributed by atoms with Crippen molar-refractivity contribution in [1.82, 2.24) is 4.90 Å². The van der Waals surface area contributed by atoms with Crippen LogP contribution in [0, 0.1) is 0 Å². The summed E-state index contributed by atoms with van der Waals surface area (Å²) < 4.78 is 0. The zero-order valence-electron chi connectivity index (χ0n) is 18.7. The van der Waals surface area contributed by atoms with E-state index in [1.807, 2.05) is 0 Å². The molecule has 2 nitrogen and oxygen atoms in total. The van der Waals surface area contributed by atoms with Crippen LogP contribution in [0.25, 0.3) is 22.4 Å². The third kappa shape index (κ3) is 2.98. The van der Waals surface area contributed by atoms with Crippen LogP contribution in [0.2, 0.25) is 0 Å². The molecule has 4 aromatic rings. The third-order valence-electron chi connectivity index (χ3n) is 7.35. The zero-order chi connectivity index (χ0) is 21.7. The molecular weight excluding hydrogens is 388 g/mol. The van der Waals surface area contributed by atoms with E-state index < -0.39 is 0 Å². The van der Waals surface area contributed by atoms with E-state index in [0.29, 0.717) is 6.04 Å². The molecule has 2 heteroatoms. The predicted octanol–water partition coefficient (Wildman–Crippen LogP) is 6.43. The van der Waals surface area contributed by atoms with Gasteiger partial charge in [0.1, 0.15) is 0 Å². The molecule has 2 aliphatic rings. The van der Waals surface area contributed by atoms with Gasteiger partial charge in [0, 0.05) is 19.3 Å². The van der Waals surface area contributed by atoms with Gasteiger partial charge in [-0.2, -0.15) is 0 Å². The Morgan fingerprint density at radius 2 is 1.47 bits per heavy atom. The first-order valence-corrected chi connectivity index (χ1v) is 11.5. The summed E-state index contributed by atoms with van der Waals surface area (Å²) in [7, 11) is 4.56. The molecule has 2 unspecified atom stereocenters. The fourth-order valence-electron chi connectivity index (χ4n) is 5.77. The van der Waals surface area contributed by atoms with Crippen molar-refractivity contribution in [3.05, 3.63) is 113 Å². The van der Waals surface area contributed by atoms with E-state index in [1.165, 1.54) is 44.3 Å². The number of rotatable bonds is 2. The SMILES string of the molecule is CN1CCc2ccccc2C1C1C(c2cccc3ccccc23)=Cc2ccccc2N1C. The second kappa shape index (κ2) is 7.65. The first kappa shape index (κ1) is 19.3. The standard InChI is InChI=1S/C30H28N2/c1-31-19-18-22-11-4-7-15-25(22)29(31)30-27(20-23-12-5-8-17-28(23)32(30)2)26-16-9-13-21-10-3-6-14-24(21)26/h3-17,20,29-30H,18-19H2,1-2H3. The maximum Gasteiger partial charge on any atom is 0.0742 e. The molecule has 0 bridgehead atoms. The summed E-state index contributed by atoms with van der Waals surface area (Å²) in [5.41, 5.74) is 8.28. The number of anilines is 1. The molecule has 0 radical (unpaired) electrons. The van der Waals surface area contributed by atoms with Crippen LogP contribution in [-0.2, 0) is 6.42 Å². The van der Waals surface area contributed by atoms with Gasteiger partial charge in [0.05, 0.1) is 12.1 Å². The normalized spacial score (nSPS) is 20.6. The van der Waals surface area contributed by atoms with Crippen molar-refractivity contribution in [1.29, 1.82) is 0 Å². The molecule has 158 valence electrons. The average molecular weight is 417 g/mol. The van der Waals surface area contributed by atoms with E-state index in [-0.39, 0.29) is 6.04 Å². The van der Waals surface area contributed by atoms with Crippen LogP contribution in [0.1, 0.15) is 28.3 Å². The quantitative estimate of drug-likeness (QED) is 0.372. The first-order chi connectivity index (χ1) is 15.7. The highest BCUT2D eigenvalue weighted by Crippen LogP contribution is 2.46. The van der Waals surface area contributed by atoms with E-state index in [9.17, 15) is 0 Å². The molecule has 0 spiro atoms. The van der Waals surface area contributed by atoms with Crippen LogP contribution in [0.15, 0.2) is 91.0 Å². The summed E-state index contributed by atoms with van der Waals surface area (Å²) in [6, 6.07) is 33.8. The van der Waals surface area contributed by atoms with E-state index in [4.69, 9.17) is 0 Å². The molecule has 0 saturated heterocycles. The molecule has 2 aliphatic heterocycles. The number of benzene rings is 4. The van der Waals surface area contributed by atoms with Gasteiger partial charge in [-0.1, -0.05) is 84.9 Å². The van der Waals surface area contributed by atoms with E-state index in [1.54, 1.807) is 0 Å². The first-order valence-electron chi connectivity index (χ1n) is 11.5. The van der Waals surface area contributed by atoms with Gasteiger partial charge in [-0.15, -0.1) is 0 Å². The summed E-state index contributed by atoms with van der Waals surface area (Å²) in [6.07, 6.45) is 3.55. The Hall–Kier alpha value is -3.36. The molecule has 32 heavy (non-hydrogen) atoms. The molecule has 0 aromatic heterocycles. The summed E-state index contributed by atoms with van der Waals surface area (Å²) in [4.78, 5) is 5.06. The number of nitrogens with zero attached hydrogens (tertiary/aromatic N) is 2. The van der Waals surface area contributed by atoms with Gasteiger partial charge in [0.2, 0.25) is 0 Å². The van der Waals surface area contributed by atoms with Crippen LogP contribution in [0.3, 0.4) is 0 Å². The Labute approximate surface area is 190 Å². The van der Waals surface area contributed by atoms with Crippen LogP contribution >= 0.6 is 0 Å². The molecule has 0 N–H and O–H groups in total. The highest BCUT2D eigenvalue weighted by molar-refractivity contribution is 6.02. The van der Waals surface area contributed by atoms with Gasteiger partial charge >= 0.3 is 0 Å². The molecule has 0 aliphatic carbocycles. The predicted molar refractivity (Wildman–Crippen MR) is 136 cm³/mol. The second-order valence-corrected chi connectivity index (χ2v) is 9.12. The Morgan fingerprint density at radius 1 is 0.719 bits per heavy atom. The summed E-state index contributed by atoms with van der Waals surface area (Å²) in [5, 5.41) is 2.62. The fourth-order valence-corrected chi connectivity index (χ4v) is 5.77. The van der Waals surface area contributed by atoms with Gasteiger partial charge < -0.3 is 4.90 Å². The van der Waals surface area contributed by atoms with Crippen molar-refractivity contribution in [3.63, 3.8) is 0 Å². The largest absolute Gasteiger partial charge is 0.365 e. The van der Waals surface area contributed by atoms with Crippen LogP contribution in [-0.4, -0.2) is 31.6 Å². The van der Waals surface area contributed by atoms with Gasteiger partial charge in [0.15, 0.2) is 0 Å². The van der Waals surface area contributed by atoms with Crippen molar-refractivity contribution in [2.24, 2.45) is 0 Å². The molecule has 0 saturated carbocycles. The zero-order valence-corrected chi connectivity index (χ0v) is 18.7. The smallest absolute Gasteiger partial charge is 0.0742 e. The minimum Gasteiger partial charge on any atom is -0.365 e. The number of hydrogen-bond donors (Lipinski definition) is 0. The summed E-state index contributed by atoms with van der Waals surface area (Å²) >= 11 is 0. The van der Waals surface area contributed by atoms with Crippen molar-refractivity contribution in [2.45, 2.75) is 18.5 Å². The number of fused-ring (bicyclic) bond motifs is 3. The van der Waals surface area contributed by atoms with Crippen LogP contribution in [0.4, 0.5) is 5.69 Å². The maximum absolute atomic E-state index is 2.55. The van der Waals surface area contributed by atoms with Gasteiger partial charge in [-0.3, -0.25) is 4.90 Å². The van der Waals surface area contributed by atoms with Crippen molar-refractivity contribution >= 4 is 28.1 Å². The van der Waals surface area contributed by atoms with Crippen LogP contribution in [0.5, 0.6) is 0 Å².